The Kier molecular flexibility index (Phi) is 5.69. The molecule has 0 spiro atoms. The summed E-state index contributed by atoms with van der Waals surface area (Å²) in [6.07, 6.45) is 7.01. The highest BCUT2D eigenvalue weighted by Crippen LogP contribution is 2.25. The van der Waals surface area contributed by atoms with Gasteiger partial charge in [0.05, 0.1) is 5.69 Å². The van der Waals surface area contributed by atoms with E-state index in [1.54, 1.807) is 16.9 Å². The van der Waals surface area contributed by atoms with Gasteiger partial charge in [0, 0.05) is 76.5 Å². The van der Waals surface area contributed by atoms with Crippen molar-refractivity contribution in [3.05, 3.63) is 34.9 Å². The Morgan fingerprint density at radius 1 is 1.10 bits per heavy atom. The Morgan fingerprint density at radius 3 is 2.66 bits per heavy atom. The number of fused-ring (bicyclic) bond motifs is 1. The third kappa shape index (κ3) is 3.93. The number of aryl methyl sites for hydroxylation is 3. The third-order valence-electron chi connectivity index (χ3n) is 6.13. The van der Waals surface area contributed by atoms with Crippen molar-refractivity contribution in [2.75, 3.05) is 19.6 Å². The molecule has 29 heavy (non-hydrogen) atoms. The van der Waals surface area contributed by atoms with Crippen LogP contribution in [-0.4, -0.2) is 60.8 Å². The van der Waals surface area contributed by atoms with Crippen molar-refractivity contribution in [1.82, 2.24) is 29.4 Å². The first kappa shape index (κ1) is 19.7. The summed E-state index contributed by atoms with van der Waals surface area (Å²) in [7, 11) is 1.96. The van der Waals surface area contributed by atoms with E-state index < -0.39 is 0 Å². The molecule has 0 N–H and O–H groups in total. The minimum Gasteiger partial charge on any atom is -0.343 e. The van der Waals surface area contributed by atoms with Crippen LogP contribution >= 0.6 is 0 Å². The van der Waals surface area contributed by atoms with Crippen molar-refractivity contribution in [3.63, 3.8) is 0 Å². The summed E-state index contributed by atoms with van der Waals surface area (Å²) in [5.74, 6) is 0.230. The minimum atomic E-state index is 0.00851. The van der Waals surface area contributed by atoms with Gasteiger partial charge in [0.25, 0.3) is 5.91 Å². The van der Waals surface area contributed by atoms with Crippen molar-refractivity contribution in [2.24, 2.45) is 7.05 Å². The summed E-state index contributed by atoms with van der Waals surface area (Å²) in [4.78, 5) is 29.4. The zero-order valence-corrected chi connectivity index (χ0v) is 17.4. The molecule has 156 valence electrons. The largest absolute Gasteiger partial charge is 0.343 e. The maximum Gasteiger partial charge on any atom is 0.272 e. The highest BCUT2D eigenvalue weighted by molar-refractivity contribution is 5.92. The molecule has 1 fully saturated rings. The molecule has 0 radical (unpaired) electrons. The van der Waals surface area contributed by atoms with Gasteiger partial charge < -0.3 is 9.80 Å². The van der Waals surface area contributed by atoms with Crippen LogP contribution in [0.25, 0.3) is 0 Å². The number of carbonyl (C=O) groups excluding carboxylic acids is 2. The average molecular weight is 399 g/mol. The molecule has 8 heteroatoms. The van der Waals surface area contributed by atoms with Gasteiger partial charge in [-0.3, -0.25) is 19.0 Å². The Balaban J connectivity index is 1.46. The van der Waals surface area contributed by atoms with E-state index >= 15 is 0 Å². The Hall–Kier alpha value is -2.64. The SMILES string of the molecule is CCn1nccc1C(=O)N1CCc2c(c(CCC(=O)N3CCCCC3)nn2C)C1. The highest BCUT2D eigenvalue weighted by atomic mass is 16.2. The normalized spacial score (nSPS) is 16.8. The van der Waals surface area contributed by atoms with Crippen molar-refractivity contribution in [3.8, 4) is 0 Å². The van der Waals surface area contributed by atoms with E-state index in [1.165, 1.54) is 12.1 Å². The first-order chi connectivity index (χ1) is 14.1. The van der Waals surface area contributed by atoms with Crippen LogP contribution in [0.4, 0.5) is 0 Å². The summed E-state index contributed by atoms with van der Waals surface area (Å²) in [6.45, 7) is 5.64. The van der Waals surface area contributed by atoms with Gasteiger partial charge in [0.15, 0.2) is 0 Å². The maximum atomic E-state index is 13.0. The predicted molar refractivity (Wildman–Crippen MR) is 108 cm³/mol. The lowest BCUT2D eigenvalue weighted by Crippen LogP contribution is -2.37. The molecule has 2 aliphatic heterocycles. The average Bonchev–Trinajstić information content (AvgIpc) is 3.36. The lowest BCUT2D eigenvalue weighted by molar-refractivity contribution is -0.132. The molecule has 1 saturated heterocycles. The van der Waals surface area contributed by atoms with Crippen LogP contribution in [0.2, 0.25) is 0 Å². The van der Waals surface area contributed by atoms with Crippen molar-refractivity contribution < 1.29 is 9.59 Å². The molecule has 2 aliphatic rings. The molecule has 4 heterocycles. The van der Waals surface area contributed by atoms with Crippen LogP contribution < -0.4 is 0 Å². The summed E-state index contributed by atoms with van der Waals surface area (Å²) in [6, 6.07) is 1.78. The van der Waals surface area contributed by atoms with E-state index in [2.05, 4.69) is 5.10 Å². The van der Waals surface area contributed by atoms with Gasteiger partial charge >= 0.3 is 0 Å². The number of aromatic nitrogens is 4. The molecule has 2 aromatic rings. The first-order valence-electron chi connectivity index (χ1n) is 10.7. The van der Waals surface area contributed by atoms with E-state index in [9.17, 15) is 9.59 Å². The summed E-state index contributed by atoms with van der Waals surface area (Å²) in [5.41, 5.74) is 3.87. The van der Waals surface area contributed by atoms with Crippen LogP contribution in [0.5, 0.6) is 0 Å². The molecular weight excluding hydrogens is 368 g/mol. The monoisotopic (exact) mass is 398 g/mol. The van der Waals surface area contributed by atoms with E-state index in [-0.39, 0.29) is 11.8 Å². The zero-order chi connectivity index (χ0) is 20.4. The molecular formula is C21H30N6O2. The van der Waals surface area contributed by atoms with Gasteiger partial charge in [-0.1, -0.05) is 0 Å². The van der Waals surface area contributed by atoms with Gasteiger partial charge in [0.1, 0.15) is 5.69 Å². The topological polar surface area (TPSA) is 76.3 Å². The van der Waals surface area contributed by atoms with Gasteiger partial charge in [-0.05, 0) is 32.3 Å². The van der Waals surface area contributed by atoms with Crippen LogP contribution in [0.3, 0.4) is 0 Å². The zero-order valence-electron chi connectivity index (χ0n) is 17.4. The van der Waals surface area contributed by atoms with Crippen LogP contribution in [0.1, 0.15) is 60.0 Å². The molecule has 2 amide bonds. The second kappa shape index (κ2) is 8.39. The second-order valence-electron chi connectivity index (χ2n) is 7.95. The van der Waals surface area contributed by atoms with E-state index in [1.807, 2.05) is 28.5 Å². The number of hydrogen-bond donors (Lipinski definition) is 0. The quantitative estimate of drug-likeness (QED) is 0.769. The fraction of sp³-hybridized carbons (Fsp3) is 0.619. The molecule has 0 atom stereocenters. The van der Waals surface area contributed by atoms with E-state index in [0.29, 0.717) is 38.2 Å². The van der Waals surface area contributed by atoms with Gasteiger partial charge in [0.2, 0.25) is 5.91 Å². The van der Waals surface area contributed by atoms with Crippen LogP contribution in [0.15, 0.2) is 12.3 Å². The maximum absolute atomic E-state index is 13.0. The van der Waals surface area contributed by atoms with Crippen molar-refractivity contribution >= 4 is 11.8 Å². The summed E-state index contributed by atoms with van der Waals surface area (Å²) in [5, 5.41) is 8.91. The number of rotatable bonds is 5. The molecule has 0 aromatic carbocycles. The first-order valence-corrected chi connectivity index (χ1v) is 10.7. The fourth-order valence-corrected chi connectivity index (χ4v) is 4.50. The van der Waals surface area contributed by atoms with Gasteiger partial charge in [-0.25, -0.2) is 0 Å². The highest BCUT2D eigenvalue weighted by Gasteiger charge is 2.29. The number of carbonyl (C=O) groups is 2. The minimum absolute atomic E-state index is 0.00851. The van der Waals surface area contributed by atoms with Crippen molar-refractivity contribution in [2.45, 2.75) is 58.5 Å². The molecule has 2 aromatic heterocycles. The van der Waals surface area contributed by atoms with Crippen molar-refractivity contribution in [1.29, 1.82) is 0 Å². The molecule has 0 bridgehead atoms. The number of hydrogen-bond acceptors (Lipinski definition) is 4. The fourth-order valence-electron chi connectivity index (χ4n) is 4.50. The number of nitrogens with zero attached hydrogens (tertiary/aromatic N) is 6. The smallest absolute Gasteiger partial charge is 0.272 e. The Morgan fingerprint density at radius 2 is 1.90 bits per heavy atom. The van der Waals surface area contributed by atoms with E-state index in [4.69, 9.17) is 5.10 Å². The molecule has 0 unspecified atom stereocenters. The molecule has 0 aliphatic carbocycles. The lowest BCUT2D eigenvalue weighted by atomic mass is 10.0. The Bertz CT molecular complexity index is 893. The van der Waals surface area contributed by atoms with Gasteiger partial charge in [-0.2, -0.15) is 10.2 Å². The number of piperidine rings is 1. The number of likely N-dealkylation sites (tertiary alicyclic amines) is 1. The van der Waals surface area contributed by atoms with E-state index in [0.717, 1.165) is 43.6 Å². The third-order valence-corrected chi connectivity index (χ3v) is 6.13. The molecule has 4 rings (SSSR count). The van der Waals surface area contributed by atoms with Crippen LogP contribution in [0, 0.1) is 0 Å². The predicted octanol–water partition coefficient (Wildman–Crippen LogP) is 1.78. The molecule has 8 nitrogen and oxygen atoms in total. The standard InChI is InChI=1S/C21H30N6O2/c1-3-27-19(9-11-22-27)21(29)26-14-10-18-16(15-26)17(23-24(18)2)7-8-20(28)25-12-5-4-6-13-25/h9,11H,3-8,10,12-15H2,1-2H3. The second-order valence-corrected chi connectivity index (χ2v) is 7.95. The summed E-state index contributed by atoms with van der Waals surface area (Å²) >= 11 is 0. The Labute approximate surface area is 171 Å². The van der Waals surface area contributed by atoms with Gasteiger partial charge in [-0.15, -0.1) is 0 Å². The van der Waals surface area contributed by atoms with Crippen LogP contribution in [-0.2, 0) is 37.8 Å². The lowest BCUT2D eigenvalue weighted by Gasteiger charge is -2.28. The number of amides is 2. The summed E-state index contributed by atoms with van der Waals surface area (Å²) < 4.78 is 3.66. The molecule has 0 saturated carbocycles.